The van der Waals surface area contributed by atoms with Gasteiger partial charge in [0.25, 0.3) is 5.91 Å². The first-order valence-corrected chi connectivity index (χ1v) is 15.9. The molecule has 0 saturated carbocycles. The number of aryl methyl sites for hydroxylation is 1. The van der Waals surface area contributed by atoms with Crippen molar-refractivity contribution in [3.63, 3.8) is 0 Å². The Labute approximate surface area is 280 Å². The smallest absolute Gasteiger partial charge is 0.407 e. The van der Waals surface area contributed by atoms with Gasteiger partial charge in [-0.15, -0.1) is 0 Å². The molecule has 3 N–H and O–H groups in total. The van der Waals surface area contributed by atoms with E-state index in [2.05, 4.69) is 34.9 Å². The van der Waals surface area contributed by atoms with Crippen LogP contribution in [0, 0.1) is 6.92 Å². The number of alkyl carbamates (subject to hydrolysis) is 1. The molecule has 0 aromatic heterocycles. The van der Waals surface area contributed by atoms with Crippen LogP contribution in [-0.2, 0) is 22.7 Å². The highest BCUT2D eigenvalue weighted by Crippen LogP contribution is 2.44. The Hall–Kier alpha value is -5.60. The normalized spacial score (nSPS) is 12.4. The van der Waals surface area contributed by atoms with E-state index in [1.165, 1.54) is 0 Å². The SMILES string of the molecule is COc1ccc(C(NC(=O)OCC2c3ccccc3-c3ccccc32)c2ccc(OCC(=O)NCc3ccc(C)cc3)cc2)c(CO)c1. The van der Waals surface area contributed by atoms with Gasteiger partial charge in [-0.3, -0.25) is 4.79 Å². The van der Waals surface area contributed by atoms with Gasteiger partial charge in [-0.05, 0) is 75.7 Å². The van der Waals surface area contributed by atoms with Gasteiger partial charge in [-0.25, -0.2) is 4.79 Å². The monoisotopic (exact) mass is 642 g/mol. The number of aliphatic hydroxyl groups excluding tert-OH is 1. The molecule has 1 atom stereocenters. The largest absolute Gasteiger partial charge is 0.497 e. The number of fused-ring (bicyclic) bond motifs is 3. The molecule has 0 fully saturated rings. The van der Waals surface area contributed by atoms with E-state index >= 15 is 0 Å². The van der Waals surface area contributed by atoms with E-state index in [9.17, 15) is 14.7 Å². The zero-order valence-electron chi connectivity index (χ0n) is 26.9. The van der Waals surface area contributed by atoms with Gasteiger partial charge in [0, 0.05) is 12.5 Å². The Morgan fingerprint density at radius 1 is 0.812 bits per heavy atom. The van der Waals surface area contributed by atoms with Crippen LogP contribution in [0.15, 0.2) is 115 Å². The van der Waals surface area contributed by atoms with Gasteiger partial charge in [-0.1, -0.05) is 96.6 Å². The van der Waals surface area contributed by atoms with Crippen LogP contribution in [0.4, 0.5) is 4.79 Å². The van der Waals surface area contributed by atoms with Crippen LogP contribution in [0.3, 0.4) is 0 Å². The summed E-state index contributed by atoms with van der Waals surface area (Å²) in [6, 6.07) is 36.2. The van der Waals surface area contributed by atoms with E-state index < -0.39 is 12.1 Å². The van der Waals surface area contributed by atoms with E-state index in [1.54, 1.807) is 31.4 Å². The van der Waals surface area contributed by atoms with Crippen molar-refractivity contribution in [3.05, 3.63) is 154 Å². The van der Waals surface area contributed by atoms with Gasteiger partial charge in [-0.2, -0.15) is 0 Å². The van der Waals surface area contributed by atoms with Crippen LogP contribution in [0.1, 0.15) is 50.9 Å². The number of hydrogen-bond donors (Lipinski definition) is 3. The van der Waals surface area contributed by atoms with Crippen molar-refractivity contribution in [2.45, 2.75) is 32.0 Å². The Morgan fingerprint density at radius 2 is 1.46 bits per heavy atom. The number of rotatable bonds is 12. The standard InChI is InChI=1S/C40H38N2O6/c1-26-11-13-27(14-12-26)22-41-38(44)25-47-30-17-15-28(16-18-30)39(32-20-19-31(46-2)21-29(32)23-43)42-40(45)48-24-37-35-9-5-3-7-33(35)34-8-4-6-10-36(34)37/h3-21,37,39,43H,22-25H2,1-2H3,(H,41,44)(H,42,45). The molecule has 244 valence electrons. The van der Waals surface area contributed by atoms with Crippen LogP contribution < -0.4 is 20.1 Å². The third-order valence-electron chi connectivity index (χ3n) is 8.63. The molecule has 0 heterocycles. The minimum Gasteiger partial charge on any atom is -0.497 e. The second kappa shape index (κ2) is 14.9. The number of hydrogen-bond acceptors (Lipinski definition) is 6. The lowest BCUT2D eigenvalue weighted by molar-refractivity contribution is -0.123. The molecule has 48 heavy (non-hydrogen) atoms. The molecular weight excluding hydrogens is 604 g/mol. The summed E-state index contributed by atoms with van der Waals surface area (Å²) < 4.78 is 17.0. The third-order valence-corrected chi connectivity index (χ3v) is 8.63. The molecule has 0 radical (unpaired) electrons. The summed E-state index contributed by atoms with van der Waals surface area (Å²) in [5, 5.41) is 16.1. The van der Waals surface area contributed by atoms with Crippen LogP contribution in [0.2, 0.25) is 0 Å². The van der Waals surface area contributed by atoms with Crippen molar-refractivity contribution in [1.82, 2.24) is 10.6 Å². The van der Waals surface area contributed by atoms with E-state index in [0.717, 1.165) is 38.9 Å². The zero-order valence-corrected chi connectivity index (χ0v) is 26.9. The quantitative estimate of drug-likeness (QED) is 0.138. The molecule has 2 amide bonds. The molecule has 1 aliphatic carbocycles. The molecule has 5 aromatic rings. The van der Waals surface area contributed by atoms with Crippen molar-refractivity contribution >= 4 is 12.0 Å². The number of carbonyl (C=O) groups excluding carboxylic acids is 2. The average Bonchev–Trinajstić information content (AvgIpc) is 3.45. The first-order valence-electron chi connectivity index (χ1n) is 15.9. The molecular formula is C40H38N2O6. The Balaban J connectivity index is 1.15. The van der Waals surface area contributed by atoms with E-state index in [-0.39, 0.29) is 31.6 Å². The molecule has 0 spiro atoms. The van der Waals surface area contributed by atoms with Gasteiger partial charge in [0.15, 0.2) is 6.61 Å². The number of carbonyl (C=O) groups is 2. The summed E-state index contributed by atoms with van der Waals surface area (Å²) in [5.41, 5.74) is 8.75. The van der Waals surface area contributed by atoms with E-state index in [0.29, 0.717) is 29.2 Å². The van der Waals surface area contributed by atoms with Crippen molar-refractivity contribution in [3.8, 4) is 22.6 Å². The fourth-order valence-corrected chi connectivity index (χ4v) is 6.09. The molecule has 0 bridgehead atoms. The number of amides is 2. The predicted molar refractivity (Wildman–Crippen MR) is 184 cm³/mol. The summed E-state index contributed by atoms with van der Waals surface area (Å²) in [6.45, 7) is 2.21. The summed E-state index contributed by atoms with van der Waals surface area (Å²) in [7, 11) is 1.56. The first kappa shape index (κ1) is 32.3. The van der Waals surface area contributed by atoms with Crippen LogP contribution in [0.5, 0.6) is 11.5 Å². The molecule has 6 rings (SSSR count). The summed E-state index contributed by atoms with van der Waals surface area (Å²) in [4.78, 5) is 25.9. The highest BCUT2D eigenvalue weighted by molar-refractivity contribution is 5.79. The minimum atomic E-state index is -0.652. The van der Waals surface area contributed by atoms with Crippen molar-refractivity contribution in [2.24, 2.45) is 0 Å². The second-order valence-corrected chi connectivity index (χ2v) is 11.7. The van der Waals surface area contributed by atoms with Gasteiger partial charge in [0.2, 0.25) is 0 Å². The summed E-state index contributed by atoms with van der Waals surface area (Å²) >= 11 is 0. The van der Waals surface area contributed by atoms with Crippen molar-refractivity contribution in [1.29, 1.82) is 0 Å². The van der Waals surface area contributed by atoms with Crippen molar-refractivity contribution < 1.29 is 28.9 Å². The molecule has 8 heteroatoms. The maximum atomic E-state index is 13.4. The number of ether oxygens (including phenoxy) is 3. The van der Waals surface area contributed by atoms with Gasteiger partial charge in [0.05, 0.1) is 19.8 Å². The third kappa shape index (κ3) is 7.35. The van der Waals surface area contributed by atoms with Crippen molar-refractivity contribution in [2.75, 3.05) is 20.3 Å². The van der Waals surface area contributed by atoms with Gasteiger partial charge < -0.3 is 30.0 Å². The highest BCUT2D eigenvalue weighted by Gasteiger charge is 2.30. The Morgan fingerprint density at radius 3 is 2.10 bits per heavy atom. The molecule has 5 aromatic carbocycles. The average molecular weight is 643 g/mol. The highest BCUT2D eigenvalue weighted by atomic mass is 16.5. The van der Waals surface area contributed by atoms with Crippen LogP contribution >= 0.6 is 0 Å². The number of methoxy groups -OCH3 is 1. The first-order chi connectivity index (χ1) is 23.4. The maximum absolute atomic E-state index is 13.4. The molecule has 0 saturated heterocycles. The fraction of sp³-hybridized carbons (Fsp3) is 0.200. The predicted octanol–water partition coefficient (Wildman–Crippen LogP) is 6.82. The lowest BCUT2D eigenvalue weighted by Gasteiger charge is -2.23. The molecule has 0 aliphatic heterocycles. The summed E-state index contributed by atoms with van der Waals surface area (Å²) in [6.07, 6.45) is -0.591. The maximum Gasteiger partial charge on any atom is 0.407 e. The zero-order chi connectivity index (χ0) is 33.5. The Bertz CT molecular complexity index is 1840. The fourth-order valence-electron chi connectivity index (χ4n) is 6.09. The van der Waals surface area contributed by atoms with Gasteiger partial charge in [0.1, 0.15) is 18.1 Å². The topological polar surface area (TPSA) is 106 Å². The molecule has 8 nitrogen and oxygen atoms in total. The number of benzene rings is 5. The summed E-state index contributed by atoms with van der Waals surface area (Å²) in [5.74, 6) is 0.773. The molecule has 1 unspecified atom stereocenters. The Kier molecular flexibility index (Phi) is 10.0. The number of nitrogens with one attached hydrogen (secondary N) is 2. The lowest BCUT2D eigenvalue weighted by atomic mass is 9.94. The van der Waals surface area contributed by atoms with E-state index in [1.807, 2.05) is 73.7 Å². The van der Waals surface area contributed by atoms with Gasteiger partial charge >= 0.3 is 6.09 Å². The van der Waals surface area contributed by atoms with Crippen LogP contribution in [-0.4, -0.2) is 37.4 Å². The van der Waals surface area contributed by atoms with Crippen LogP contribution in [0.25, 0.3) is 11.1 Å². The minimum absolute atomic E-state index is 0.0823. The second-order valence-electron chi connectivity index (χ2n) is 11.7. The van der Waals surface area contributed by atoms with E-state index in [4.69, 9.17) is 14.2 Å². The molecule has 1 aliphatic rings. The lowest BCUT2D eigenvalue weighted by Crippen LogP contribution is -2.31. The number of aliphatic hydroxyl groups is 1.